The zero-order valence-electron chi connectivity index (χ0n) is 15.6. The predicted octanol–water partition coefficient (Wildman–Crippen LogP) is 4.04. The van der Waals surface area contributed by atoms with E-state index in [-0.39, 0.29) is 23.4 Å². The Hall–Kier alpha value is -2.63. The minimum Gasteiger partial charge on any atom is -0.339 e. The third-order valence-corrected chi connectivity index (χ3v) is 5.02. The van der Waals surface area contributed by atoms with E-state index in [1.165, 1.54) is 13.0 Å². The molecule has 2 heterocycles. The predicted molar refractivity (Wildman–Crippen MR) is 99.6 cm³/mol. The van der Waals surface area contributed by atoms with Crippen LogP contribution in [0.3, 0.4) is 0 Å². The molecule has 138 valence electrons. The van der Waals surface area contributed by atoms with E-state index in [1.807, 2.05) is 18.7 Å². The fourth-order valence-electron chi connectivity index (χ4n) is 3.49. The summed E-state index contributed by atoms with van der Waals surface area (Å²) in [6.07, 6.45) is 1.93. The molecular weight excluding hydrogens is 333 g/mol. The molecule has 1 saturated heterocycles. The van der Waals surface area contributed by atoms with Gasteiger partial charge in [-0.15, -0.1) is 0 Å². The average Bonchev–Trinajstić information content (AvgIpc) is 3.14. The summed E-state index contributed by atoms with van der Waals surface area (Å²) in [5.41, 5.74) is 1.89. The van der Waals surface area contributed by atoms with Crippen molar-refractivity contribution in [2.24, 2.45) is 7.05 Å². The number of carbonyl (C=O) groups is 2. The molecule has 1 unspecified atom stereocenters. The van der Waals surface area contributed by atoms with Crippen LogP contribution in [0.4, 0.5) is 15.9 Å². The Morgan fingerprint density at radius 2 is 2.00 bits per heavy atom. The maximum absolute atomic E-state index is 14.3. The zero-order valence-corrected chi connectivity index (χ0v) is 15.6. The number of aryl methyl sites for hydroxylation is 1. The summed E-state index contributed by atoms with van der Waals surface area (Å²) in [7, 11) is 1.70. The number of nitrogens with zero attached hydrogens (tertiary/aromatic N) is 2. The van der Waals surface area contributed by atoms with Gasteiger partial charge in [-0.1, -0.05) is 6.07 Å². The van der Waals surface area contributed by atoms with Gasteiger partial charge in [-0.05, 0) is 50.5 Å². The minimum atomic E-state index is -0.400. The monoisotopic (exact) mass is 357 g/mol. The summed E-state index contributed by atoms with van der Waals surface area (Å²) in [5, 5.41) is 3.02. The van der Waals surface area contributed by atoms with Crippen LogP contribution in [0, 0.1) is 12.7 Å². The lowest BCUT2D eigenvalue weighted by Crippen LogP contribution is -2.33. The highest BCUT2D eigenvalue weighted by molar-refractivity contribution is 6.04. The number of anilines is 2. The Labute approximate surface area is 152 Å². The molecule has 1 fully saturated rings. The van der Waals surface area contributed by atoms with Crippen LogP contribution in [0.25, 0.3) is 0 Å². The molecule has 0 bridgehead atoms. The van der Waals surface area contributed by atoms with Gasteiger partial charge >= 0.3 is 0 Å². The van der Waals surface area contributed by atoms with E-state index >= 15 is 0 Å². The number of halogens is 1. The molecule has 0 aliphatic carbocycles. The second-order valence-electron chi connectivity index (χ2n) is 7.01. The van der Waals surface area contributed by atoms with E-state index in [4.69, 9.17) is 0 Å². The second kappa shape index (κ2) is 6.94. The summed E-state index contributed by atoms with van der Waals surface area (Å²) in [6, 6.07) is 6.63. The first-order valence-corrected chi connectivity index (χ1v) is 8.84. The molecule has 1 amide bonds. The Morgan fingerprint density at radius 3 is 2.58 bits per heavy atom. The number of carbonyl (C=O) groups excluding carboxylic acids is 2. The van der Waals surface area contributed by atoms with Crippen LogP contribution in [-0.4, -0.2) is 33.7 Å². The summed E-state index contributed by atoms with van der Waals surface area (Å²) >= 11 is 0. The van der Waals surface area contributed by atoms with E-state index in [9.17, 15) is 14.0 Å². The summed E-state index contributed by atoms with van der Waals surface area (Å²) in [6.45, 7) is 5.99. The summed E-state index contributed by atoms with van der Waals surface area (Å²) < 4.78 is 15.9. The highest BCUT2D eigenvalue weighted by Crippen LogP contribution is 2.30. The molecule has 0 radical (unpaired) electrons. The molecular formula is C20H24FN3O2. The lowest BCUT2D eigenvalue weighted by Gasteiger charge is -2.22. The number of Topliss-reactive ketones (excluding diaryl/α,β-unsaturated/α-hetero) is 1. The van der Waals surface area contributed by atoms with Crippen molar-refractivity contribution in [3.63, 3.8) is 0 Å². The number of rotatable bonds is 4. The van der Waals surface area contributed by atoms with Crippen LogP contribution in [0.1, 0.15) is 53.1 Å². The van der Waals surface area contributed by atoms with Gasteiger partial charge in [-0.3, -0.25) is 9.59 Å². The summed E-state index contributed by atoms with van der Waals surface area (Å²) in [5.74, 6) is -0.243. The number of likely N-dealkylation sites (tertiary alicyclic amines) is 1. The topological polar surface area (TPSA) is 54.3 Å². The maximum atomic E-state index is 14.3. The van der Waals surface area contributed by atoms with Crippen LogP contribution in [-0.2, 0) is 7.05 Å². The number of ketones is 1. The van der Waals surface area contributed by atoms with Crippen molar-refractivity contribution in [3.05, 3.63) is 46.9 Å². The Bertz CT molecular complexity index is 872. The van der Waals surface area contributed by atoms with Gasteiger partial charge in [0.2, 0.25) is 0 Å². The van der Waals surface area contributed by atoms with Crippen molar-refractivity contribution in [2.45, 2.75) is 39.7 Å². The van der Waals surface area contributed by atoms with E-state index in [2.05, 4.69) is 5.32 Å². The number of hydrogen-bond donors (Lipinski definition) is 1. The van der Waals surface area contributed by atoms with Gasteiger partial charge in [0.25, 0.3) is 5.91 Å². The fraction of sp³-hybridized carbons (Fsp3) is 0.400. The lowest BCUT2D eigenvalue weighted by molar-refractivity contribution is 0.0748. The lowest BCUT2D eigenvalue weighted by atomic mass is 10.2. The highest BCUT2D eigenvalue weighted by Gasteiger charge is 2.30. The molecule has 0 saturated carbocycles. The largest absolute Gasteiger partial charge is 0.339 e. The van der Waals surface area contributed by atoms with E-state index in [0.29, 0.717) is 23.6 Å². The average molecular weight is 357 g/mol. The van der Waals surface area contributed by atoms with Gasteiger partial charge in [0.05, 0.1) is 16.9 Å². The quantitative estimate of drug-likeness (QED) is 0.840. The molecule has 1 atom stereocenters. The van der Waals surface area contributed by atoms with Gasteiger partial charge in [-0.2, -0.15) is 0 Å². The first-order chi connectivity index (χ1) is 12.3. The molecule has 3 rings (SSSR count). The number of aromatic nitrogens is 1. The van der Waals surface area contributed by atoms with Crippen molar-refractivity contribution in [1.29, 1.82) is 0 Å². The van der Waals surface area contributed by atoms with Crippen LogP contribution in [0.2, 0.25) is 0 Å². The molecule has 6 heteroatoms. The molecule has 1 aromatic carbocycles. The van der Waals surface area contributed by atoms with Gasteiger partial charge in [-0.25, -0.2) is 4.39 Å². The van der Waals surface area contributed by atoms with Crippen LogP contribution >= 0.6 is 0 Å². The third kappa shape index (κ3) is 3.23. The van der Waals surface area contributed by atoms with Crippen molar-refractivity contribution < 1.29 is 14.0 Å². The number of nitrogens with one attached hydrogen (secondary N) is 1. The van der Waals surface area contributed by atoms with Gasteiger partial charge in [0.15, 0.2) is 5.78 Å². The van der Waals surface area contributed by atoms with Gasteiger partial charge < -0.3 is 14.8 Å². The van der Waals surface area contributed by atoms with Gasteiger partial charge in [0, 0.05) is 26.6 Å². The first-order valence-electron chi connectivity index (χ1n) is 8.84. The van der Waals surface area contributed by atoms with Crippen LogP contribution < -0.4 is 5.32 Å². The number of hydrogen-bond acceptors (Lipinski definition) is 3. The Kier molecular flexibility index (Phi) is 4.85. The van der Waals surface area contributed by atoms with Crippen LogP contribution in [0.15, 0.2) is 24.3 Å². The van der Waals surface area contributed by atoms with Crippen molar-refractivity contribution in [3.8, 4) is 0 Å². The highest BCUT2D eigenvalue weighted by atomic mass is 19.1. The first kappa shape index (κ1) is 18.2. The molecule has 0 spiro atoms. The summed E-state index contributed by atoms with van der Waals surface area (Å²) in [4.78, 5) is 26.8. The van der Waals surface area contributed by atoms with E-state index in [0.717, 1.165) is 18.4 Å². The van der Waals surface area contributed by atoms with E-state index in [1.54, 1.807) is 29.8 Å². The minimum absolute atomic E-state index is 0.131. The van der Waals surface area contributed by atoms with Crippen molar-refractivity contribution in [1.82, 2.24) is 9.47 Å². The molecule has 1 N–H and O–H groups in total. The number of amides is 1. The maximum Gasteiger partial charge on any atom is 0.257 e. The van der Waals surface area contributed by atoms with Crippen LogP contribution in [0.5, 0.6) is 0 Å². The van der Waals surface area contributed by atoms with Crippen molar-refractivity contribution >= 4 is 23.2 Å². The SMILES string of the molecule is CC(=O)c1cc(C(=O)N2CCCC2C)c(Nc2ccc(C)cc2F)n1C. The zero-order chi connectivity index (χ0) is 19.0. The molecule has 2 aromatic rings. The van der Waals surface area contributed by atoms with Gasteiger partial charge in [0.1, 0.15) is 11.6 Å². The normalized spacial score (nSPS) is 16.8. The standard InChI is InChI=1S/C20H24FN3O2/c1-12-7-8-17(16(21)10-12)22-19-15(11-18(14(3)25)23(19)4)20(26)24-9-5-6-13(24)2/h7-8,10-11,13,22H,5-6,9H2,1-4H3. The molecule has 26 heavy (non-hydrogen) atoms. The second-order valence-corrected chi connectivity index (χ2v) is 7.01. The molecule has 5 nitrogen and oxygen atoms in total. The molecule has 1 aromatic heterocycles. The fourth-order valence-corrected chi connectivity index (χ4v) is 3.49. The van der Waals surface area contributed by atoms with Crippen molar-refractivity contribution in [2.75, 3.05) is 11.9 Å². The molecule has 1 aliphatic heterocycles. The number of benzene rings is 1. The Morgan fingerprint density at radius 1 is 1.27 bits per heavy atom. The van der Waals surface area contributed by atoms with E-state index < -0.39 is 5.82 Å². The Balaban J connectivity index is 2.05. The third-order valence-electron chi connectivity index (χ3n) is 5.02. The smallest absolute Gasteiger partial charge is 0.257 e. The molecule has 1 aliphatic rings.